The Balaban J connectivity index is 0.000000331. The van der Waals surface area contributed by atoms with E-state index in [0.717, 1.165) is 18.7 Å². The van der Waals surface area contributed by atoms with Crippen LogP contribution in [0.4, 0.5) is 10.1 Å². The van der Waals surface area contributed by atoms with Crippen molar-refractivity contribution in [2.45, 2.75) is 20.3 Å². The molecule has 1 aliphatic rings. The number of amides is 1. The summed E-state index contributed by atoms with van der Waals surface area (Å²) in [6.45, 7) is 5.48. The van der Waals surface area contributed by atoms with Crippen molar-refractivity contribution in [3.8, 4) is 17.4 Å². The van der Waals surface area contributed by atoms with Gasteiger partial charge in [-0.25, -0.2) is 9.37 Å². The monoisotopic (exact) mass is 553 g/mol. The molecule has 0 saturated heterocycles. The molecule has 1 aromatic heterocycles. The largest absolute Gasteiger partial charge is 0.476 e. The fourth-order valence-corrected chi connectivity index (χ4v) is 3.72. The summed E-state index contributed by atoms with van der Waals surface area (Å²) in [5.74, 6) is -1.80. The minimum atomic E-state index is -3.01. The van der Waals surface area contributed by atoms with Crippen molar-refractivity contribution in [3.05, 3.63) is 75.7 Å². The van der Waals surface area contributed by atoms with Crippen LogP contribution in [0, 0.1) is 11.7 Å². The van der Waals surface area contributed by atoms with Gasteiger partial charge in [-0.3, -0.25) is 4.79 Å². The third-order valence-electron chi connectivity index (χ3n) is 4.70. The van der Waals surface area contributed by atoms with E-state index in [2.05, 4.69) is 38.9 Å². The molecule has 0 aliphatic carbocycles. The number of para-hydroxylation sites is 1. The van der Waals surface area contributed by atoms with Crippen molar-refractivity contribution >= 4 is 45.3 Å². The number of pyridine rings is 1. The summed E-state index contributed by atoms with van der Waals surface area (Å²) in [4.78, 5) is 15.6. The molecule has 2 aromatic carbocycles. The number of nitrogens with one attached hydrogen (secondary N) is 1. The van der Waals surface area contributed by atoms with Gasteiger partial charge in [0, 0.05) is 24.4 Å². The number of halogens is 3. The second kappa shape index (κ2) is 12.7. The molecule has 0 spiro atoms. The van der Waals surface area contributed by atoms with E-state index in [-0.39, 0.29) is 33.3 Å². The minimum Gasteiger partial charge on any atom is -0.476 e. The summed E-state index contributed by atoms with van der Waals surface area (Å²) < 4.78 is 48.5. The van der Waals surface area contributed by atoms with Crippen LogP contribution < -0.4 is 14.8 Å². The summed E-state index contributed by atoms with van der Waals surface area (Å²) in [5, 5.41) is 3.35. The van der Waals surface area contributed by atoms with E-state index in [9.17, 15) is 17.6 Å². The Bertz CT molecular complexity index is 1370. The lowest BCUT2D eigenvalue weighted by molar-refractivity contribution is 0.100. The third kappa shape index (κ3) is 7.64. The van der Waals surface area contributed by atoms with Crippen LogP contribution in [0.3, 0.4) is 0 Å². The summed E-state index contributed by atoms with van der Waals surface area (Å²) in [7, 11) is -3.01. The van der Waals surface area contributed by atoms with Gasteiger partial charge < -0.3 is 14.8 Å². The fraction of sp³-hybridized carbons (Fsp3) is 0.250. The van der Waals surface area contributed by atoms with Gasteiger partial charge in [0.2, 0.25) is 5.88 Å². The number of nitrogens with zero attached hydrogens (tertiary/aromatic N) is 2. The van der Waals surface area contributed by atoms with Gasteiger partial charge in [-0.15, -0.1) is 0 Å². The number of hydrogen-bond donors (Lipinski definition) is 1. The fourth-order valence-electron chi connectivity index (χ4n) is 3.07. The van der Waals surface area contributed by atoms with Gasteiger partial charge in [0.15, 0.2) is 0 Å². The number of carbonyl (C=O) groups is 1. The molecular formula is C24H22Cl2FN3O5S. The van der Waals surface area contributed by atoms with E-state index >= 15 is 0 Å². The Morgan fingerprint density at radius 2 is 1.94 bits per heavy atom. The number of aromatic nitrogens is 1. The van der Waals surface area contributed by atoms with Crippen LogP contribution in [0.25, 0.3) is 0 Å². The van der Waals surface area contributed by atoms with Crippen LogP contribution in [0.2, 0.25) is 10.0 Å². The molecule has 8 nitrogen and oxygen atoms in total. The number of ether oxygens (including phenoxy) is 2. The molecule has 0 fully saturated rings. The highest BCUT2D eigenvalue weighted by molar-refractivity contribution is 7.62. The maximum Gasteiger partial charge on any atom is 0.319 e. The summed E-state index contributed by atoms with van der Waals surface area (Å²) in [6, 6.07) is 11.6. The number of carbonyl (C=O) groups excluding carboxylic acids is 1. The van der Waals surface area contributed by atoms with Crippen LogP contribution >= 0.6 is 23.2 Å². The van der Waals surface area contributed by atoms with E-state index in [1.54, 1.807) is 0 Å². The van der Waals surface area contributed by atoms with Crippen molar-refractivity contribution in [2.75, 3.05) is 18.5 Å². The highest BCUT2D eigenvalue weighted by Gasteiger charge is 2.17. The molecule has 190 valence electrons. The molecule has 0 saturated carbocycles. The predicted molar refractivity (Wildman–Crippen MR) is 135 cm³/mol. The Kier molecular flexibility index (Phi) is 9.63. The molecule has 1 aliphatic heterocycles. The van der Waals surface area contributed by atoms with E-state index in [0.29, 0.717) is 6.61 Å². The topological polar surface area (TPSA) is 107 Å². The normalized spacial score (nSPS) is 11.6. The Hall–Kier alpha value is -3.21. The van der Waals surface area contributed by atoms with Crippen LogP contribution in [-0.4, -0.2) is 32.5 Å². The third-order valence-corrected chi connectivity index (χ3v) is 5.58. The molecule has 1 amide bonds. The first-order chi connectivity index (χ1) is 17.1. The highest BCUT2D eigenvalue weighted by Crippen LogP contribution is 2.34. The zero-order chi connectivity index (χ0) is 26.2. The average Bonchev–Trinajstić information content (AvgIpc) is 3.29. The lowest BCUT2D eigenvalue weighted by atomic mass is 10.2. The maximum atomic E-state index is 14.1. The summed E-state index contributed by atoms with van der Waals surface area (Å²) >= 11 is 12.0. The number of rotatable bonds is 6. The molecule has 3 aromatic rings. The second-order valence-corrected chi connectivity index (χ2v) is 9.41. The molecule has 12 heteroatoms. The van der Waals surface area contributed by atoms with Crippen LogP contribution in [0.1, 0.15) is 29.8 Å². The van der Waals surface area contributed by atoms with Gasteiger partial charge in [-0.1, -0.05) is 59.6 Å². The first kappa shape index (κ1) is 27.4. The molecular weight excluding hydrogens is 532 g/mol. The molecule has 4 rings (SSSR count). The number of hydrogen-bond acceptors (Lipinski definition) is 7. The SMILES string of the molecule is CC(C)COc1ncc(Oc2cc(F)c(C(=O)N=S(=O)=O)cc2Cl)cc1Cl.c1ccc2c(c1)CCN2. The molecule has 36 heavy (non-hydrogen) atoms. The summed E-state index contributed by atoms with van der Waals surface area (Å²) in [6.07, 6.45) is 2.50. The maximum absolute atomic E-state index is 14.1. The van der Waals surface area contributed by atoms with Gasteiger partial charge in [0.05, 0.1) is 23.4 Å². The van der Waals surface area contributed by atoms with Gasteiger partial charge in [-0.2, -0.15) is 8.42 Å². The minimum absolute atomic E-state index is 0.123. The van der Waals surface area contributed by atoms with Crippen LogP contribution in [0.15, 0.2) is 53.0 Å². The smallest absolute Gasteiger partial charge is 0.319 e. The van der Waals surface area contributed by atoms with Gasteiger partial charge in [-0.05, 0) is 30.0 Å². The van der Waals surface area contributed by atoms with Crippen molar-refractivity contribution in [2.24, 2.45) is 10.3 Å². The molecule has 0 radical (unpaired) electrons. The second-order valence-electron chi connectivity index (χ2n) is 7.97. The Morgan fingerprint density at radius 1 is 1.19 bits per heavy atom. The molecule has 1 N–H and O–H groups in total. The van der Waals surface area contributed by atoms with Crippen molar-refractivity contribution in [1.82, 2.24) is 4.98 Å². The Morgan fingerprint density at radius 3 is 2.61 bits per heavy atom. The van der Waals surface area contributed by atoms with Gasteiger partial charge >= 0.3 is 10.5 Å². The zero-order valence-electron chi connectivity index (χ0n) is 19.3. The van der Waals surface area contributed by atoms with Crippen molar-refractivity contribution in [1.29, 1.82) is 0 Å². The number of fused-ring (bicyclic) bond motifs is 1. The van der Waals surface area contributed by atoms with Crippen LogP contribution in [-0.2, 0) is 16.9 Å². The average molecular weight is 554 g/mol. The molecule has 2 heterocycles. The zero-order valence-corrected chi connectivity index (χ0v) is 21.6. The first-order valence-corrected chi connectivity index (χ1v) is 12.5. The predicted octanol–water partition coefficient (Wildman–Crippen LogP) is 6.21. The standard InChI is InChI=1S/C16H13Cl2FN2O5S.C8H9N/c1-8(2)7-25-16-12(18)3-9(6-20-16)26-14-5-13(19)10(4-11(14)17)15(22)21-27(23)24;1-2-4-8-7(3-1)5-6-9-8/h3-6,8H,7H2,1-2H3;1-4,9H,5-6H2. The van der Waals surface area contributed by atoms with Crippen LogP contribution in [0.5, 0.6) is 17.4 Å². The highest BCUT2D eigenvalue weighted by atomic mass is 35.5. The molecule has 0 atom stereocenters. The Labute approximate surface area is 219 Å². The number of anilines is 1. The van der Waals surface area contributed by atoms with Gasteiger partial charge in [0.25, 0.3) is 5.91 Å². The number of benzene rings is 2. The first-order valence-electron chi connectivity index (χ1n) is 10.8. The lowest BCUT2D eigenvalue weighted by Gasteiger charge is -2.12. The van der Waals surface area contributed by atoms with Crippen molar-refractivity contribution < 1.29 is 27.1 Å². The van der Waals surface area contributed by atoms with Gasteiger partial charge in [0.1, 0.15) is 22.3 Å². The molecule has 0 bridgehead atoms. The lowest BCUT2D eigenvalue weighted by Crippen LogP contribution is -2.06. The molecule has 0 unspecified atom stereocenters. The van der Waals surface area contributed by atoms with E-state index in [4.69, 9.17) is 32.7 Å². The summed E-state index contributed by atoms with van der Waals surface area (Å²) in [5.41, 5.74) is 2.17. The van der Waals surface area contributed by atoms with E-state index < -0.39 is 27.8 Å². The van der Waals surface area contributed by atoms with Crippen molar-refractivity contribution in [3.63, 3.8) is 0 Å². The van der Waals surface area contributed by atoms with E-state index in [1.807, 2.05) is 13.8 Å². The van der Waals surface area contributed by atoms with E-state index in [1.165, 1.54) is 29.9 Å². The quantitative estimate of drug-likeness (QED) is 0.386.